The van der Waals surface area contributed by atoms with Gasteiger partial charge in [0, 0.05) is 12.6 Å². The minimum Gasteiger partial charge on any atom is -0.490 e. The Hall–Kier alpha value is -1.15. The Morgan fingerprint density at radius 2 is 2.37 bits per heavy atom. The zero-order valence-corrected chi connectivity index (χ0v) is 13.2. The predicted molar refractivity (Wildman–Crippen MR) is 81.8 cm³/mol. The van der Waals surface area contributed by atoms with Gasteiger partial charge in [-0.25, -0.2) is 9.78 Å². The number of thiophene rings is 1. The maximum Gasteiger partial charge on any atom is 0.339 e. The average Bonchev–Trinajstić information content (AvgIpc) is 2.93. The zero-order chi connectivity index (χ0) is 13.7. The van der Waals surface area contributed by atoms with Crippen LogP contribution in [-0.4, -0.2) is 24.7 Å². The molecule has 0 spiro atoms. The lowest BCUT2D eigenvalue weighted by Crippen LogP contribution is -2.06. The molecule has 0 aliphatic carbocycles. The lowest BCUT2D eigenvalue weighted by molar-refractivity contribution is 0.0599. The summed E-state index contributed by atoms with van der Waals surface area (Å²) >= 11 is 3.75. The minimum atomic E-state index is -0.411. The molecular formula is C13H12INO3S. The molecule has 6 heteroatoms. The molecular weight excluding hydrogens is 377 g/mol. The van der Waals surface area contributed by atoms with Gasteiger partial charge in [0.1, 0.15) is 3.70 Å². The number of halogens is 1. The van der Waals surface area contributed by atoms with Gasteiger partial charge in [0.15, 0.2) is 5.75 Å². The molecule has 19 heavy (non-hydrogen) atoms. The largest absolute Gasteiger partial charge is 0.490 e. The van der Waals surface area contributed by atoms with Crippen LogP contribution in [0, 0.1) is 3.70 Å². The van der Waals surface area contributed by atoms with Gasteiger partial charge in [-0.1, -0.05) is 0 Å². The highest BCUT2D eigenvalue weighted by Gasteiger charge is 2.10. The number of nitrogens with zero attached hydrogens (tertiary/aromatic N) is 1. The molecule has 100 valence electrons. The first-order valence-corrected chi connectivity index (χ1v) is 7.60. The van der Waals surface area contributed by atoms with E-state index in [2.05, 4.69) is 43.8 Å². The van der Waals surface area contributed by atoms with Crippen LogP contribution in [0.25, 0.3) is 0 Å². The Labute approximate surface area is 128 Å². The predicted octanol–water partition coefficient (Wildman–Crippen LogP) is 3.16. The standard InChI is InChI=1S/C13H12INO3S/c1-17-13(16)10-6-11(12(14)15-7-10)18-4-2-9-3-5-19-8-9/h3,5-8H,2,4H2,1H3. The molecule has 0 fully saturated rings. The van der Waals surface area contributed by atoms with E-state index in [0.29, 0.717) is 17.9 Å². The first-order valence-electron chi connectivity index (χ1n) is 5.58. The van der Waals surface area contributed by atoms with Crippen LogP contribution in [0.3, 0.4) is 0 Å². The normalized spacial score (nSPS) is 10.2. The lowest BCUT2D eigenvalue weighted by Gasteiger charge is -2.08. The number of hydrogen-bond donors (Lipinski definition) is 0. The molecule has 0 bridgehead atoms. The highest BCUT2D eigenvalue weighted by Crippen LogP contribution is 2.20. The van der Waals surface area contributed by atoms with Crippen molar-refractivity contribution in [1.29, 1.82) is 0 Å². The Balaban J connectivity index is 2.00. The van der Waals surface area contributed by atoms with E-state index in [1.807, 2.05) is 5.38 Å². The Kier molecular flexibility index (Phi) is 5.15. The quantitative estimate of drug-likeness (QED) is 0.448. The second-order valence-corrected chi connectivity index (χ2v) is 5.54. The van der Waals surface area contributed by atoms with Gasteiger partial charge in [-0.2, -0.15) is 11.3 Å². The molecule has 2 aromatic rings. The molecule has 0 saturated carbocycles. The number of methoxy groups -OCH3 is 1. The van der Waals surface area contributed by atoms with Gasteiger partial charge in [-0.15, -0.1) is 0 Å². The van der Waals surface area contributed by atoms with Crippen molar-refractivity contribution in [3.8, 4) is 5.75 Å². The number of ether oxygens (including phenoxy) is 2. The molecule has 2 heterocycles. The summed E-state index contributed by atoms with van der Waals surface area (Å²) in [6.45, 7) is 0.555. The number of pyridine rings is 1. The molecule has 0 unspecified atom stereocenters. The second-order valence-electron chi connectivity index (χ2n) is 3.73. The topological polar surface area (TPSA) is 48.4 Å². The van der Waals surface area contributed by atoms with Gasteiger partial charge >= 0.3 is 5.97 Å². The number of rotatable bonds is 5. The zero-order valence-electron chi connectivity index (χ0n) is 10.3. The molecule has 0 aliphatic rings. The van der Waals surface area contributed by atoms with Crippen LogP contribution < -0.4 is 4.74 Å². The highest BCUT2D eigenvalue weighted by atomic mass is 127. The van der Waals surface area contributed by atoms with E-state index in [9.17, 15) is 4.79 Å². The van der Waals surface area contributed by atoms with E-state index in [-0.39, 0.29) is 0 Å². The molecule has 0 saturated heterocycles. The number of carbonyl (C=O) groups excluding carboxylic acids is 1. The summed E-state index contributed by atoms with van der Waals surface area (Å²) in [6.07, 6.45) is 2.32. The van der Waals surface area contributed by atoms with E-state index >= 15 is 0 Å². The fourth-order valence-electron chi connectivity index (χ4n) is 1.47. The van der Waals surface area contributed by atoms with E-state index < -0.39 is 5.97 Å². The third kappa shape index (κ3) is 3.90. The second kappa shape index (κ2) is 6.85. The molecule has 0 aromatic carbocycles. The monoisotopic (exact) mass is 389 g/mol. The summed E-state index contributed by atoms with van der Waals surface area (Å²) in [5.41, 5.74) is 1.64. The van der Waals surface area contributed by atoms with Crippen LogP contribution in [0.15, 0.2) is 29.1 Å². The third-order valence-corrected chi connectivity index (χ3v) is 4.00. The van der Waals surface area contributed by atoms with E-state index in [1.165, 1.54) is 18.9 Å². The van der Waals surface area contributed by atoms with Crippen molar-refractivity contribution in [2.75, 3.05) is 13.7 Å². The van der Waals surface area contributed by atoms with Crippen LogP contribution in [-0.2, 0) is 11.2 Å². The summed E-state index contributed by atoms with van der Waals surface area (Å²) in [5, 5.41) is 4.13. The van der Waals surface area contributed by atoms with Crippen molar-refractivity contribution in [3.63, 3.8) is 0 Å². The van der Waals surface area contributed by atoms with Gasteiger partial charge < -0.3 is 9.47 Å². The fourth-order valence-corrected chi connectivity index (χ4v) is 2.63. The van der Waals surface area contributed by atoms with Crippen molar-refractivity contribution < 1.29 is 14.3 Å². The lowest BCUT2D eigenvalue weighted by atomic mass is 10.2. The van der Waals surface area contributed by atoms with Crippen LogP contribution in [0.2, 0.25) is 0 Å². The van der Waals surface area contributed by atoms with Gasteiger partial charge in [0.25, 0.3) is 0 Å². The van der Waals surface area contributed by atoms with Crippen LogP contribution in [0.1, 0.15) is 15.9 Å². The van der Waals surface area contributed by atoms with Crippen molar-refractivity contribution in [1.82, 2.24) is 4.98 Å². The fraction of sp³-hybridized carbons (Fsp3) is 0.231. The van der Waals surface area contributed by atoms with Crippen molar-refractivity contribution in [2.45, 2.75) is 6.42 Å². The Morgan fingerprint density at radius 1 is 1.53 bits per heavy atom. The number of esters is 1. The summed E-state index contributed by atoms with van der Waals surface area (Å²) < 4.78 is 11.1. The highest BCUT2D eigenvalue weighted by molar-refractivity contribution is 14.1. The van der Waals surface area contributed by atoms with E-state index in [1.54, 1.807) is 17.4 Å². The first kappa shape index (κ1) is 14.3. The van der Waals surface area contributed by atoms with Crippen molar-refractivity contribution in [3.05, 3.63) is 43.9 Å². The van der Waals surface area contributed by atoms with Gasteiger partial charge in [-0.3, -0.25) is 0 Å². The number of carbonyl (C=O) groups is 1. The molecule has 0 radical (unpaired) electrons. The molecule has 2 rings (SSSR count). The van der Waals surface area contributed by atoms with Crippen molar-refractivity contribution >= 4 is 39.9 Å². The first-order chi connectivity index (χ1) is 9.20. The Morgan fingerprint density at radius 3 is 3.05 bits per heavy atom. The smallest absolute Gasteiger partial charge is 0.339 e. The minimum absolute atomic E-state index is 0.397. The molecule has 0 aliphatic heterocycles. The summed E-state index contributed by atoms with van der Waals surface area (Å²) in [5.74, 6) is 0.199. The van der Waals surface area contributed by atoms with Gasteiger partial charge in [0.2, 0.25) is 0 Å². The number of aromatic nitrogens is 1. The van der Waals surface area contributed by atoms with Crippen LogP contribution >= 0.6 is 33.9 Å². The van der Waals surface area contributed by atoms with Crippen molar-refractivity contribution in [2.24, 2.45) is 0 Å². The summed E-state index contributed by atoms with van der Waals surface area (Å²) in [6, 6.07) is 3.73. The Bertz CT molecular complexity index is 557. The SMILES string of the molecule is COC(=O)c1cnc(I)c(OCCc2ccsc2)c1. The molecule has 4 nitrogen and oxygen atoms in total. The van der Waals surface area contributed by atoms with Crippen LogP contribution in [0.4, 0.5) is 0 Å². The van der Waals surface area contributed by atoms with Gasteiger partial charge in [0.05, 0.1) is 19.3 Å². The van der Waals surface area contributed by atoms with Gasteiger partial charge in [-0.05, 0) is 51.0 Å². The molecule has 2 aromatic heterocycles. The molecule has 0 amide bonds. The summed E-state index contributed by atoms with van der Waals surface area (Å²) in [7, 11) is 1.34. The third-order valence-electron chi connectivity index (χ3n) is 2.46. The molecule has 0 N–H and O–H groups in total. The molecule has 0 atom stereocenters. The van der Waals surface area contributed by atoms with Crippen LogP contribution in [0.5, 0.6) is 5.75 Å². The van der Waals surface area contributed by atoms with E-state index in [4.69, 9.17) is 4.74 Å². The van der Waals surface area contributed by atoms with E-state index in [0.717, 1.165) is 10.1 Å². The maximum atomic E-state index is 11.4. The summed E-state index contributed by atoms with van der Waals surface area (Å²) in [4.78, 5) is 15.5. The number of hydrogen-bond acceptors (Lipinski definition) is 5. The maximum absolute atomic E-state index is 11.4. The average molecular weight is 389 g/mol.